The zero-order valence-electron chi connectivity index (χ0n) is 15.3. The highest BCUT2D eigenvalue weighted by atomic mass is 35.5. The Morgan fingerprint density at radius 3 is 2.46 bits per heavy atom. The molecule has 7 heteroatoms. The van der Waals surface area contributed by atoms with E-state index >= 15 is 0 Å². The van der Waals surface area contributed by atoms with Crippen molar-refractivity contribution in [3.05, 3.63) is 88.5 Å². The number of hydrogen-bond acceptors (Lipinski definition) is 4. The minimum Gasteiger partial charge on any atom is -0.493 e. The van der Waals surface area contributed by atoms with Crippen LogP contribution in [0.3, 0.4) is 0 Å². The Morgan fingerprint density at radius 1 is 1.04 bits per heavy atom. The van der Waals surface area contributed by atoms with E-state index < -0.39 is 0 Å². The van der Waals surface area contributed by atoms with Gasteiger partial charge in [0.2, 0.25) is 0 Å². The van der Waals surface area contributed by atoms with Gasteiger partial charge < -0.3 is 14.8 Å². The largest absolute Gasteiger partial charge is 0.493 e. The number of aromatic nitrogens is 1. The van der Waals surface area contributed by atoms with E-state index in [1.54, 1.807) is 25.4 Å². The number of hydrogen-bond donors (Lipinski definition) is 1. The van der Waals surface area contributed by atoms with Gasteiger partial charge >= 0.3 is 0 Å². The number of nitrogens with one attached hydrogen (secondary N) is 1. The maximum absolute atomic E-state index is 13.0. The summed E-state index contributed by atoms with van der Waals surface area (Å²) in [4.78, 5) is 4.10. The minimum absolute atomic E-state index is 0. The van der Waals surface area contributed by atoms with Crippen molar-refractivity contribution in [2.24, 2.45) is 0 Å². The molecule has 0 atom stereocenters. The molecular weight excluding hydrogens is 402 g/mol. The first-order chi connectivity index (χ1) is 13.2. The van der Waals surface area contributed by atoms with E-state index in [1.165, 1.54) is 12.1 Å². The average Bonchev–Trinajstić information content (AvgIpc) is 2.69. The lowest BCUT2D eigenvalue weighted by Crippen LogP contribution is -2.13. The first-order valence-electron chi connectivity index (χ1n) is 8.49. The zero-order chi connectivity index (χ0) is 19.1. The molecule has 0 saturated heterocycles. The van der Waals surface area contributed by atoms with Crippen molar-refractivity contribution in [2.45, 2.75) is 19.7 Å². The number of halogens is 3. The molecular formula is C21H21Cl2FN2O2. The summed E-state index contributed by atoms with van der Waals surface area (Å²) < 4.78 is 24.2. The molecule has 1 heterocycles. The minimum atomic E-state index is -0.280. The van der Waals surface area contributed by atoms with Crippen molar-refractivity contribution < 1.29 is 13.9 Å². The fourth-order valence-electron chi connectivity index (χ4n) is 2.61. The van der Waals surface area contributed by atoms with Gasteiger partial charge in [0.25, 0.3) is 0 Å². The van der Waals surface area contributed by atoms with Crippen LogP contribution in [0.2, 0.25) is 5.02 Å². The lowest BCUT2D eigenvalue weighted by Gasteiger charge is -2.15. The molecule has 0 amide bonds. The lowest BCUT2D eigenvalue weighted by molar-refractivity contribution is 0.284. The topological polar surface area (TPSA) is 43.4 Å². The summed E-state index contributed by atoms with van der Waals surface area (Å²) in [6, 6.07) is 13.8. The fourth-order valence-corrected chi connectivity index (χ4v) is 2.89. The predicted octanol–water partition coefficient (Wildman–Crippen LogP) is 5.17. The standard InChI is InChI=1S/C21H20ClFN2O2.ClH/c1-26-20-10-17(13-25-12-16-3-2-8-24-11-16)9-19(22)21(20)27-14-15-4-6-18(23)7-5-15;/h2-11,25H,12-14H2,1H3;1H. The molecule has 2 aromatic carbocycles. The summed E-state index contributed by atoms with van der Waals surface area (Å²) in [7, 11) is 1.57. The Kier molecular flexibility index (Phi) is 8.51. The molecule has 28 heavy (non-hydrogen) atoms. The molecule has 0 saturated carbocycles. The first kappa shape index (κ1) is 22.0. The first-order valence-corrected chi connectivity index (χ1v) is 8.87. The van der Waals surface area contributed by atoms with Gasteiger partial charge in [0.05, 0.1) is 12.1 Å². The fraction of sp³-hybridized carbons (Fsp3) is 0.190. The van der Waals surface area contributed by atoms with E-state index in [0.29, 0.717) is 29.6 Å². The van der Waals surface area contributed by atoms with Crippen LogP contribution in [-0.2, 0) is 19.7 Å². The van der Waals surface area contributed by atoms with E-state index in [1.807, 2.05) is 30.5 Å². The summed E-state index contributed by atoms with van der Waals surface area (Å²) in [5.41, 5.74) is 2.93. The van der Waals surface area contributed by atoms with Crippen LogP contribution in [0.1, 0.15) is 16.7 Å². The van der Waals surface area contributed by atoms with Crippen LogP contribution in [0.4, 0.5) is 4.39 Å². The van der Waals surface area contributed by atoms with Gasteiger partial charge in [-0.05, 0) is 47.0 Å². The van der Waals surface area contributed by atoms with Crippen molar-refractivity contribution in [3.8, 4) is 11.5 Å². The number of nitrogens with zero attached hydrogens (tertiary/aromatic N) is 1. The molecule has 0 spiro atoms. The molecule has 0 aliphatic heterocycles. The van der Waals surface area contributed by atoms with Gasteiger partial charge in [-0.1, -0.05) is 29.8 Å². The van der Waals surface area contributed by atoms with E-state index in [9.17, 15) is 4.39 Å². The Hall–Kier alpha value is -2.34. The maximum Gasteiger partial charge on any atom is 0.180 e. The highest BCUT2D eigenvalue weighted by Gasteiger charge is 2.12. The molecule has 0 aliphatic carbocycles. The number of benzene rings is 2. The smallest absolute Gasteiger partial charge is 0.180 e. The quantitative estimate of drug-likeness (QED) is 0.543. The molecule has 0 unspecified atom stereocenters. The van der Waals surface area contributed by atoms with Crippen LogP contribution in [0.15, 0.2) is 60.9 Å². The molecule has 148 valence electrons. The molecule has 4 nitrogen and oxygen atoms in total. The van der Waals surface area contributed by atoms with Gasteiger partial charge in [0.15, 0.2) is 11.5 Å². The Bertz CT molecular complexity index is 878. The number of ether oxygens (including phenoxy) is 2. The Morgan fingerprint density at radius 2 is 1.79 bits per heavy atom. The maximum atomic E-state index is 13.0. The van der Waals surface area contributed by atoms with Gasteiger partial charge in [-0.15, -0.1) is 12.4 Å². The third-order valence-electron chi connectivity index (χ3n) is 3.97. The molecule has 3 rings (SSSR count). The van der Waals surface area contributed by atoms with Crippen LogP contribution < -0.4 is 14.8 Å². The predicted molar refractivity (Wildman–Crippen MR) is 111 cm³/mol. The molecule has 0 radical (unpaired) electrons. The van der Waals surface area contributed by atoms with Crippen molar-refractivity contribution in [3.63, 3.8) is 0 Å². The van der Waals surface area contributed by atoms with Crippen LogP contribution in [-0.4, -0.2) is 12.1 Å². The molecule has 0 fully saturated rings. The summed E-state index contributed by atoms with van der Waals surface area (Å²) in [5.74, 6) is 0.750. The molecule has 1 N–H and O–H groups in total. The summed E-state index contributed by atoms with van der Waals surface area (Å²) in [5, 5.41) is 3.82. The van der Waals surface area contributed by atoms with Gasteiger partial charge in [-0.3, -0.25) is 4.98 Å². The lowest BCUT2D eigenvalue weighted by atomic mass is 10.2. The van der Waals surface area contributed by atoms with E-state index in [0.717, 1.165) is 16.7 Å². The number of pyridine rings is 1. The van der Waals surface area contributed by atoms with Gasteiger partial charge in [-0.2, -0.15) is 0 Å². The zero-order valence-corrected chi connectivity index (χ0v) is 16.9. The van der Waals surface area contributed by atoms with Crippen LogP contribution in [0.25, 0.3) is 0 Å². The second kappa shape index (κ2) is 10.9. The molecule has 1 aromatic heterocycles. The van der Waals surface area contributed by atoms with E-state index in [-0.39, 0.29) is 24.8 Å². The van der Waals surface area contributed by atoms with Crippen molar-refractivity contribution >= 4 is 24.0 Å². The normalized spacial score (nSPS) is 10.2. The monoisotopic (exact) mass is 422 g/mol. The third kappa shape index (κ3) is 6.09. The van der Waals surface area contributed by atoms with Crippen molar-refractivity contribution in [2.75, 3.05) is 7.11 Å². The second-order valence-electron chi connectivity index (χ2n) is 5.99. The van der Waals surface area contributed by atoms with Crippen LogP contribution in [0, 0.1) is 5.82 Å². The average molecular weight is 423 g/mol. The summed E-state index contributed by atoms with van der Waals surface area (Å²) in [6.45, 7) is 1.61. The number of methoxy groups -OCH3 is 1. The second-order valence-corrected chi connectivity index (χ2v) is 6.40. The Labute approximate surface area is 175 Å². The highest BCUT2D eigenvalue weighted by Crippen LogP contribution is 2.37. The van der Waals surface area contributed by atoms with Gasteiger partial charge in [-0.25, -0.2) is 4.39 Å². The van der Waals surface area contributed by atoms with Crippen molar-refractivity contribution in [1.29, 1.82) is 0 Å². The van der Waals surface area contributed by atoms with E-state index in [4.69, 9.17) is 21.1 Å². The van der Waals surface area contributed by atoms with Crippen molar-refractivity contribution in [1.82, 2.24) is 10.3 Å². The van der Waals surface area contributed by atoms with Crippen LogP contribution >= 0.6 is 24.0 Å². The van der Waals surface area contributed by atoms with Crippen LogP contribution in [0.5, 0.6) is 11.5 Å². The highest BCUT2D eigenvalue weighted by molar-refractivity contribution is 6.32. The van der Waals surface area contributed by atoms with Gasteiger partial charge in [0.1, 0.15) is 12.4 Å². The summed E-state index contributed by atoms with van der Waals surface area (Å²) in [6.07, 6.45) is 3.58. The SMILES string of the molecule is COc1cc(CNCc2cccnc2)cc(Cl)c1OCc1ccc(F)cc1.Cl. The van der Waals surface area contributed by atoms with Gasteiger partial charge in [0, 0.05) is 25.5 Å². The Balaban J connectivity index is 0.00000280. The molecule has 0 aliphatic rings. The molecule has 0 bridgehead atoms. The number of rotatable bonds is 8. The van der Waals surface area contributed by atoms with E-state index in [2.05, 4.69) is 10.3 Å². The third-order valence-corrected chi connectivity index (χ3v) is 4.25. The summed E-state index contributed by atoms with van der Waals surface area (Å²) >= 11 is 6.40. The molecule has 3 aromatic rings.